The van der Waals surface area contributed by atoms with Crippen molar-refractivity contribution in [3.8, 4) is 5.75 Å². The second kappa shape index (κ2) is 12.3. The summed E-state index contributed by atoms with van der Waals surface area (Å²) < 4.78 is 10.7. The summed E-state index contributed by atoms with van der Waals surface area (Å²) in [6.45, 7) is 8.27. The maximum atomic E-state index is 5.70. The van der Waals surface area contributed by atoms with Crippen LogP contribution in [0.5, 0.6) is 5.75 Å². The highest BCUT2D eigenvalue weighted by Gasteiger charge is 1.96. The van der Waals surface area contributed by atoms with E-state index in [0.29, 0.717) is 25.7 Å². The van der Waals surface area contributed by atoms with Crippen molar-refractivity contribution in [2.45, 2.75) is 20.0 Å². The van der Waals surface area contributed by atoms with Gasteiger partial charge in [-0.05, 0) is 31.0 Å². The van der Waals surface area contributed by atoms with E-state index in [9.17, 15) is 0 Å². The van der Waals surface area contributed by atoms with Gasteiger partial charge in [0.25, 0.3) is 0 Å². The molecule has 1 aromatic rings. The summed E-state index contributed by atoms with van der Waals surface area (Å²) in [5, 5.41) is 3.04. The lowest BCUT2D eigenvalue weighted by Crippen LogP contribution is -2.33. The Bertz CT molecular complexity index is 461. The van der Waals surface area contributed by atoms with E-state index in [1.165, 1.54) is 0 Å². The van der Waals surface area contributed by atoms with Gasteiger partial charge in [0, 0.05) is 13.2 Å². The van der Waals surface area contributed by atoms with Gasteiger partial charge in [-0.3, -0.25) is 0 Å². The molecule has 0 aromatic heterocycles. The van der Waals surface area contributed by atoms with E-state index in [1.807, 2.05) is 31.2 Å². The van der Waals surface area contributed by atoms with Crippen LogP contribution in [0.2, 0.25) is 0 Å². The van der Waals surface area contributed by atoms with Gasteiger partial charge in [-0.1, -0.05) is 24.3 Å². The highest BCUT2D eigenvalue weighted by molar-refractivity contribution is 14.0. The van der Waals surface area contributed by atoms with E-state index >= 15 is 0 Å². The standard InChI is InChI=1S/C16H25N3O2.HI/c1-13(2)11-19-16(17)18-9-4-10-21-12-14-5-7-15(20-3)8-6-14;/h5-8H,1,4,9-12H2,2-3H3,(H3,17,18,19);1H. The topological polar surface area (TPSA) is 68.9 Å². The lowest BCUT2D eigenvalue weighted by molar-refractivity contribution is 0.119. The zero-order valence-corrected chi connectivity index (χ0v) is 15.6. The molecule has 0 fully saturated rings. The molecule has 1 rings (SSSR count). The van der Waals surface area contributed by atoms with E-state index in [2.05, 4.69) is 16.9 Å². The molecule has 124 valence electrons. The van der Waals surface area contributed by atoms with Gasteiger partial charge in [0.2, 0.25) is 0 Å². The Morgan fingerprint density at radius 3 is 2.59 bits per heavy atom. The molecule has 0 amide bonds. The van der Waals surface area contributed by atoms with Crippen LogP contribution in [-0.4, -0.2) is 32.8 Å². The maximum absolute atomic E-state index is 5.70. The summed E-state index contributed by atoms with van der Waals surface area (Å²) in [4.78, 5) is 4.14. The Hall–Kier alpha value is -1.28. The van der Waals surface area contributed by atoms with Crippen LogP contribution in [0.1, 0.15) is 18.9 Å². The number of hydrogen-bond donors (Lipinski definition) is 2. The Morgan fingerprint density at radius 2 is 2.00 bits per heavy atom. The average molecular weight is 419 g/mol. The smallest absolute Gasteiger partial charge is 0.188 e. The van der Waals surface area contributed by atoms with Crippen LogP contribution in [0, 0.1) is 0 Å². The van der Waals surface area contributed by atoms with Crippen LogP contribution < -0.4 is 15.8 Å². The van der Waals surface area contributed by atoms with Crippen molar-refractivity contribution in [3.05, 3.63) is 42.0 Å². The monoisotopic (exact) mass is 419 g/mol. The number of aliphatic imine (C=N–C) groups is 1. The maximum Gasteiger partial charge on any atom is 0.188 e. The number of benzene rings is 1. The van der Waals surface area contributed by atoms with Gasteiger partial charge in [-0.25, -0.2) is 4.99 Å². The molecule has 0 unspecified atom stereocenters. The normalized spacial score (nSPS) is 10.7. The molecular formula is C16H26IN3O2. The number of halogens is 1. The fraction of sp³-hybridized carbons (Fsp3) is 0.438. The second-order valence-corrected chi connectivity index (χ2v) is 4.84. The summed E-state index contributed by atoms with van der Waals surface area (Å²) in [7, 11) is 1.66. The summed E-state index contributed by atoms with van der Waals surface area (Å²) in [6.07, 6.45) is 0.874. The van der Waals surface area contributed by atoms with Crippen molar-refractivity contribution in [2.24, 2.45) is 10.7 Å². The summed E-state index contributed by atoms with van der Waals surface area (Å²) in [5.41, 5.74) is 7.82. The minimum Gasteiger partial charge on any atom is -0.497 e. The van der Waals surface area contributed by atoms with Crippen molar-refractivity contribution in [2.75, 3.05) is 26.8 Å². The summed E-state index contributed by atoms with van der Waals surface area (Å²) >= 11 is 0. The summed E-state index contributed by atoms with van der Waals surface area (Å²) in [6, 6.07) is 7.86. The first kappa shape index (κ1) is 20.7. The third-order valence-corrected chi connectivity index (χ3v) is 2.72. The minimum absolute atomic E-state index is 0. The Balaban J connectivity index is 0.00000441. The number of methoxy groups -OCH3 is 1. The molecular weight excluding hydrogens is 393 g/mol. The zero-order valence-electron chi connectivity index (χ0n) is 13.3. The quantitative estimate of drug-likeness (QED) is 0.212. The number of rotatable bonds is 9. The number of nitrogens with two attached hydrogens (primary N) is 1. The van der Waals surface area contributed by atoms with E-state index in [0.717, 1.165) is 29.9 Å². The highest BCUT2D eigenvalue weighted by Crippen LogP contribution is 2.11. The zero-order chi connectivity index (χ0) is 15.5. The molecule has 3 N–H and O–H groups in total. The SMILES string of the molecule is C=C(C)CN=C(N)NCCCOCc1ccc(OC)cc1.I. The lowest BCUT2D eigenvalue weighted by Gasteiger charge is -2.07. The third kappa shape index (κ3) is 9.62. The number of hydrogen-bond acceptors (Lipinski definition) is 3. The minimum atomic E-state index is 0. The van der Waals surface area contributed by atoms with Crippen molar-refractivity contribution in [1.29, 1.82) is 0 Å². The van der Waals surface area contributed by atoms with Crippen molar-refractivity contribution >= 4 is 29.9 Å². The number of ether oxygens (including phenoxy) is 2. The lowest BCUT2D eigenvalue weighted by atomic mass is 10.2. The molecule has 22 heavy (non-hydrogen) atoms. The molecule has 0 aliphatic heterocycles. The van der Waals surface area contributed by atoms with Gasteiger partial charge in [0.05, 0.1) is 20.3 Å². The van der Waals surface area contributed by atoms with Gasteiger partial charge >= 0.3 is 0 Å². The molecule has 1 aromatic carbocycles. The largest absolute Gasteiger partial charge is 0.497 e. The van der Waals surface area contributed by atoms with Crippen molar-refractivity contribution < 1.29 is 9.47 Å². The van der Waals surface area contributed by atoms with Crippen LogP contribution in [0.3, 0.4) is 0 Å². The van der Waals surface area contributed by atoms with Gasteiger partial charge in [0.1, 0.15) is 5.75 Å². The van der Waals surface area contributed by atoms with Gasteiger partial charge in [0.15, 0.2) is 5.96 Å². The van der Waals surface area contributed by atoms with E-state index in [-0.39, 0.29) is 24.0 Å². The predicted molar refractivity (Wildman–Crippen MR) is 102 cm³/mol. The third-order valence-electron chi connectivity index (χ3n) is 2.72. The molecule has 5 nitrogen and oxygen atoms in total. The fourth-order valence-electron chi connectivity index (χ4n) is 1.58. The van der Waals surface area contributed by atoms with E-state index in [4.69, 9.17) is 15.2 Å². The van der Waals surface area contributed by atoms with Crippen molar-refractivity contribution in [3.63, 3.8) is 0 Å². The molecule has 0 heterocycles. The van der Waals surface area contributed by atoms with Gasteiger partial charge in [-0.15, -0.1) is 24.0 Å². The molecule has 0 saturated heterocycles. The average Bonchev–Trinajstić information content (AvgIpc) is 2.49. The first-order valence-electron chi connectivity index (χ1n) is 7.00. The Morgan fingerprint density at radius 1 is 1.32 bits per heavy atom. The number of nitrogens with one attached hydrogen (secondary N) is 1. The molecule has 0 bridgehead atoms. The first-order chi connectivity index (χ1) is 10.1. The van der Waals surface area contributed by atoms with Crippen molar-refractivity contribution in [1.82, 2.24) is 5.32 Å². The molecule has 0 radical (unpaired) electrons. The number of guanidine groups is 1. The van der Waals surface area contributed by atoms with E-state index in [1.54, 1.807) is 7.11 Å². The van der Waals surface area contributed by atoms with Crippen LogP contribution in [0.25, 0.3) is 0 Å². The van der Waals surface area contributed by atoms with Gasteiger partial charge in [-0.2, -0.15) is 0 Å². The Kier molecular flexibility index (Phi) is 11.6. The summed E-state index contributed by atoms with van der Waals surface area (Å²) in [5.74, 6) is 1.31. The highest BCUT2D eigenvalue weighted by atomic mass is 127. The molecule has 0 saturated carbocycles. The van der Waals surface area contributed by atoms with Crippen LogP contribution >= 0.6 is 24.0 Å². The molecule has 0 aliphatic carbocycles. The molecule has 0 aliphatic rings. The van der Waals surface area contributed by atoms with Crippen LogP contribution in [0.4, 0.5) is 0 Å². The van der Waals surface area contributed by atoms with Crippen LogP contribution in [-0.2, 0) is 11.3 Å². The van der Waals surface area contributed by atoms with E-state index < -0.39 is 0 Å². The van der Waals surface area contributed by atoms with Gasteiger partial charge < -0.3 is 20.5 Å². The number of nitrogens with zero attached hydrogens (tertiary/aromatic N) is 1. The first-order valence-corrected chi connectivity index (χ1v) is 7.00. The second-order valence-electron chi connectivity index (χ2n) is 4.84. The molecule has 0 atom stereocenters. The Labute approximate surface area is 150 Å². The molecule has 0 spiro atoms. The predicted octanol–water partition coefficient (Wildman–Crippen LogP) is 2.70. The molecule has 6 heteroatoms. The fourth-order valence-corrected chi connectivity index (χ4v) is 1.58. The van der Waals surface area contributed by atoms with Crippen LogP contribution in [0.15, 0.2) is 41.4 Å².